The van der Waals surface area contributed by atoms with Crippen LogP contribution in [0.15, 0.2) is 22.7 Å². The first kappa shape index (κ1) is 15.2. The molecule has 0 spiro atoms. The number of aryl methyl sites for hydroxylation is 1. The fourth-order valence-corrected chi connectivity index (χ4v) is 2.04. The molecule has 0 saturated carbocycles. The van der Waals surface area contributed by atoms with Crippen LogP contribution in [0.25, 0.3) is 0 Å². The Bertz CT molecular complexity index is 463. The molecular formula is C12H13Br2NO3. The van der Waals surface area contributed by atoms with Crippen molar-refractivity contribution in [3.05, 3.63) is 33.8 Å². The Hall–Kier alpha value is -0.880. The van der Waals surface area contributed by atoms with E-state index in [2.05, 4.69) is 41.9 Å². The van der Waals surface area contributed by atoms with E-state index in [1.165, 1.54) is 7.11 Å². The highest BCUT2D eigenvalue weighted by Gasteiger charge is 2.17. The lowest BCUT2D eigenvalue weighted by molar-refractivity contribution is -0.139. The molecule has 0 fully saturated rings. The third kappa shape index (κ3) is 4.10. The lowest BCUT2D eigenvalue weighted by Gasteiger charge is -2.10. The second kappa shape index (κ2) is 6.89. The van der Waals surface area contributed by atoms with Gasteiger partial charge in [0.1, 0.15) is 4.83 Å². The predicted molar refractivity (Wildman–Crippen MR) is 75.9 cm³/mol. The molecule has 1 N–H and O–H groups in total. The van der Waals surface area contributed by atoms with Crippen LogP contribution in [-0.2, 0) is 9.53 Å². The van der Waals surface area contributed by atoms with E-state index in [1.54, 1.807) is 6.07 Å². The molecule has 0 aromatic heterocycles. The van der Waals surface area contributed by atoms with Gasteiger partial charge >= 0.3 is 5.97 Å². The van der Waals surface area contributed by atoms with E-state index in [9.17, 15) is 9.59 Å². The molecule has 0 heterocycles. The minimum Gasteiger partial charge on any atom is -0.468 e. The maximum atomic E-state index is 11.9. The Morgan fingerprint density at radius 1 is 1.44 bits per heavy atom. The molecule has 1 unspecified atom stereocenters. The standard InChI is InChI=1S/C12H13Br2NO3/c1-7-3-4-8(13)5-9(7)11(16)15-6-10(14)12(17)18-2/h3-5,10H,6H2,1-2H3,(H,15,16). The van der Waals surface area contributed by atoms with E-state index in [-0.39, 0.29) is 12.5 Å². The van der Waals surface area contributed by atoms with E-state index in [0.29, 0.717) is 5.56 Å². The number of esters is 1. The van der Waals surface area contributed by atoms with Gasteiger partial charge in [-0.15, -0.1) is 0 Å². The summed E-state index contributed by atoms with van der Waals surface area (Å²) in [6, 6.07) is 5.46. The van der Waals surface area contributed by atoms with Gasteiger partial charge in [-0.1, -0.05) is 37.9 Å². The van der Waals surface area contributed by atoms with Gasteiger partial charge in [0.15, 0.2) is 0 Å². The van der Waals surface area contributed by atoms with Crippen molar-refractivity contribution in [3.8, 4) is 0 Å². The van der Waals surface area contributed by atoms with Crippen molar-refractivity contribution in [3.63, 3.8) is 0 Å². The summed E-state index contributed by atoms with van der Waals surface area (Å²) < 4.78 is 5.38. The van der Waals surface area contributed by atoms with Gasteiger partial charge in [0.05, 0.1) is 7.11 Å². The van der Waals surface area contributed by atoms with Crippen molar-refractivity contribution < 1.29 is 14.3 Å². The number of carbonyl (C=O) groups is 2. The van der Waals surface area contributed by atoms with Gasteiger partial charge in [0, 0.05) is 16.6 Å². The van der Waals surface area contributed by atoms with Crippen LogP contribution < -0.4 is 5.32 Å². The van der Waals surface area contributed by atoms with Crippen LogP contribution in [0, 0.1) is 6.92 Å². The molecule has 1 rings (SSSR count). The van der Waals surface area contributed by atoms with E-state index in [1.807, 2.05) is 19.1 Å². The number of rotatable bonds is 4. The Labute approximate surface area is 122 Å². The zero-order valence-corrected chi connectivity index (χ0v) is 13.2. The van der Waals surface area contributed by atoms with Crippen LogP contribution >= 0.6 is 31.9 Å². The quantitative estimate of drug-likeness (QED) is 0.646. The van der Waals surface area contributed by atoms with E-state index >= 15 is 0 Å². The Morgan fingerprint density at radius 2 is 2.11 bits per heavy atom. The number of benzene rings is 1. The molecule has 0 aliphatic heterocycles. The Balaban J connectivity index is 2.66. The van der Waals surface area contributed by atoms with E-state index < -0.39 is 10.8 Å². The van der Waals surface area contributed by atoms with Crippen LogP contribution in [0.5, 0.6) is 0 Å². The summed E-state index contributed by atoms with van der Waals surface area (Å²) in [5.41, 5.74) is 1.45. The number of halogens is 2. The lowest BCUT2D eigenvalue weighted by atomic mass is 10.1. The zero-order chi connectivity index (χ0) is 13.7. The molecule has 98 valence electrons. The van der Waals surface area contributed by atoms with Crippen molar-refractivity contribution in [2.24, 2.45) is 0 Å². The van der Waals surface area contributed by atoms with Crippen molar-refractivity contribution in [2.45, 2.75) is 11.8 Å². The summed E-state index contributed by atoms with van der Waals surface area (Å²) >= 11 is 6.45. The SMILES string of the molecule is COC(=O)C(Br)CNC(=O)c1cc(Br)ccc1C. The molecular weight excluding hydrogens is 366 g/mol. The number of carbonyl (C=O) groups excluding carboxylic acids is 2. The van der Waals surface area contributed by atoms with Crippen molar-refractivity contribution in [1.29, 1.82) is 0 Å². The predicted octanol–water partition coefficient (Wildman–Crippen LogP) is 2.42. The van der Waals surface area contributed by atoms with Crippen molar-refractivity contribution in [2.75, 3.05) is 13.7 Å². The summed E-state index contributed by atoms with van der Waals surface area (Å²) in [6.07, 6.45) is 0. The summed E-state index contributed by atoms with van der Waals surface area (Å²) in [5, 5.41) is 2.67. The fraction of sp³-hybridized carbons (Fsp3) is 0.333. The number of ether oxygens (including phenoxy) is 1. The molecule has 0 aliphatic rings. The van der Waals surface area contributed by atoms with Gasteiger partial charge in [-0.25, -0.2) is 0 Å². The average Bonchev–Trinajstić information content (AvgIpc) is 2.37. The number of alkyl halides is 1. The van der Waals surface area contributed by atoms with Gasteiger partial charge in [0.25, 0.3) is 5.91 Å². The first-order valence-corrected chi connectivity index (χ1v) is 6.93. The number of nitrogens with one attached hydrogen (secondary N) is 1. The second-order valence-electron chi connectivity index (χ2n) is 3.66. The first-order chi connectivity index (χ1) is 8.45. The van der Waals surface area contributed by atoms with Crippen LogP contribution in [0.2, 0.25) is 0 Å². The van der Waals surface area contributed by atoms with E-state index in [0.717, 1.165) is 10.0 Å². The van der Waals surface area contributed by atoms with Gasteiger partial charge in [-0.3, -0.25) is 9.59 Å². The summed E-state index contributed by atoms with van der Waals surface area (Å²) in [7, 11) is 1.30. The number of hydrogen-bond acceptors (Lipinski definition) is 3. The molecule has 6 heteroatoms. The molecule has 18 heavy (non-hydrogen) atoms. The maximum absolute atomic E-state index is 11.9. The smallest absolute Gasteiger partial charge is 0.321 e. The lowest BCUT2D eigenvalue weighted by Crippen LogP contribution is -2.34. The molecule has 0 saturated heterocycles. The highest BCUT2D eigenvalue weighted by molar-refractivity contribution is 9.10. The summed E-state index contributed by atoms with van der Waals surface area (Å²) in [5.74, 6) is -0.636. The van der Waals surface area contributed by atoms with Crippen LogP contribution in [0.4, 0.5) is 0 Å². The number of methoxy groups -OCH3 is 1. The molecule has 1 aromatic carbocycles. The molecule has 0 bridgehead atoms. The first-order valence-electron chi connectivity index (χ1n) is 5.22. The van der Waals surface area contributed by atoms with Gasteiger partial charge in [-0.2, -0.15) is 0 Å². The molecule has 1 amide bonds. The number of amides is 1. The minimum absolute atomic E-state index is 0.178. The Morgan fingerprint density at radius 3 is 2.72 bits per heavy atom. The van der Waals surface area contributed by atoms with Gasteiger partial charge in [-0.05, 0) is 24.6 Å². The Kier molecular flexibility index (Phi) is 5.81. The molecule has 0 aliphatic carbocycles. The second-order valence-corrected chi connectivity index (χ2v) is 5.68. The van der Waals surface area contributed by atoms with E-state index in [4.69, 9.17) is 0 Å². The largest absolute Gasteiger partial charge is 0.468 e. The molecule has 1 aromatic rings. The third-order valence-corrected chi connectivity index (χ3v) is 3.53. The minimum atomic E-state index is -0.543. The maximum Gasteiger partial charge on any atom is 0.321 e. The highest BCUT2D eigenvalue weighted by atomic mass is 79.9. The van der Waals surface area contributed by atoms with Gasteiger partial charge < -0.3 is 10.1 Å². The summed E-state index contributed by atoms with van der Waals surface area (Å²) in [6.45, 7) is 2.03. The topological polar surface area (TPSA) is 55.4 Å². The molecule has 4 nitrogen and oxygen atoms in total. The van der Waals surface area contributed by atoms with Crippen LogP contribution in [-0.4, -0.2) is 30.4 Å². The normalized spacial score (nSPS) is 11.8. The molecule has 1 atom stereocenters. The van der Waals surface area contributed by atoms with Crippen molar-refractivity contribution >= 4 is 43.7 Å². The van der Waals surface area contributed by atoms with Crippen LogP contribution in [0.3, 0.4) is 0 Å². The average molecular weight is 379 g/mol. The van der Waals surface area contributed by atoms with Gasteiger partial charge in [0.2, 0.25) is 0 Å². The van der Waals surface area contributed by atoms with Crippen molar-refractivity contribution in [1.82, 2.24) is 5.32 Å². The molecule has 0 radical (unpaired) electrons. The summed E-state index contributed by atoms with van der Waals surface area (Å²) in [4.78, 5) is 22.5. The fourth-order valence-electron chi connectivity index (χ4n) is 1.33. The third-order valence-electron chi connectivity index (χ3n) is 2.34. The zero-order valence-electron chi connectivity index (χ0n) is 10.00. The monoisotopic (exact) mass is 377 g/mol. The number of hydrogen-bond donors (Lipinski definition) is 1. The highest BCUT2D eigenvalue weighted by Crippen LogP contribution is 2.16. The van der Waals surface area contributed by atoms with Crippen LogP contribution in [0.1, 0.15) is 15.9 Å².